The van der Waals surface area contributed by atoms with Gasteiger partial charge in [0.2, 0.25) is 0 Å². The molecule has 2 aromatic rings. The smallest absolute Gasteiger partial charge is 0.295 e. The summed E-state index contributed by atoms with van der Waals surface area (Å²) in [5.41, 5.74) is 2.01. The van der Waals surface area contributed by atoms with E-state index in [1.807, 2.05) is 13.0 Å². The van der Waals surface area contributed by atoms with Crippen molar-refractivity contribution >= 4 is 17.4 Å². The number of ether oxygens (including phenoxy) is 2. The van der Waals surface area contributed by atoms with Crippen molar-refractivity contribution in [2.75, 3.05) is 33.3 Å². The Balaban J connectivity index is 1.77. The van der Waals surface area contributed by atoms with Crippen LogP contribution in [0.15, 0.2) is 42.0 Å². The van der Waals surface area contributed by atoms with Crippen molar-refractivity contribution in [3.05, 3.63) is 58.7 Å². The van der Waals surface area contributed by atoms with Gasteiger partial charge in [0, 0.05) is 18.5 Å². The summed E-state index contributed by atoms with van der Waals surface area (Å²) in [6, 6.07) is 9.22. The summed E-state index contributed by atoms with van der Waals surface area (Å²) in [6.45, 7) is 9.07. The molecule has 0 unspecified atom stereocenters. The second kappa shape index (κ2) is 10.6. The monoisotopic (exact) mass is 494 g/mol. The Bertz CT molecular complexity index is 1190. The van der Waals surface area contributed by atoms with Crippen LogP contribution in [0.3, 0.4) is 0 Å². The first-order valence-electron chi connectivity index (χ1n) is 12.5. The number of hydrogen-bond donors (Lipinski definition) is 2. The summed E-state index contributed by atoms with van der Waals surface area (Å²) in [5, 5.41) is 21.5. The number of methoxy groups -OCH3 is 1. The van der Waals surface area contributed by atoms with Gasteiger partial charge in [-0.1, -0.05) is 19.9 Å². The zero-order valence-corrected chi connectivity index (χ0v) is 21.3. The number of carbonyl (C=O) groups is 2. The first kappa shape index (κ1) is 25.6. The van der Waals surface area contributed by atoms with E-state index in [1.54, 1.807) is 24.3 Å². The summed E-state index contributed by atoms with van der Waals surface area (Å²) in [6.07, 6.45) is 1.42. The van der Waals surface area contributed by atoms with E-state index in [9.17, 15) is 19.8 Å². The molecular weight excluding hydrogens is 460 g/mol. The SMILES string of the molecule is CCN(CC)CCCN1C(=O)C(=O)/C(=C(/O)c2ccc3c(c2)C[C@@H](C)O3)[C@H]1c1ccc(O)c(OC)c1. The van der Waals surface area contributed by atoms with Crippen LogP contribution in [-0.4, -0.2) is 71.1 Å². The fourth-order valence-electron chi connectivity index (χ4n) is 5.05. The highest BCUT2D eigenvalue weighted by molar-refractivity contribution is 6.46. The average Bonchev–Trinajstić information content (AvgIpc) is 3.37. The van der Waals surface area contributed by atoms with Gasteiger partial charge in [0.05, 0.1) is 18.7 Å². The molecule has 2 N–H and O–H groups in total. The van der Waals surface area contributed by atoms with E-state index >= 15 is 0 Å². The Kier molecular flexibility index (Phi) is 7.54. The van der Waals surface area contributed by atoms with Crippen molar-refractivity contribution in [1.82, 2.24) is 9.80 Å². The number of hydrogen-bond acceptors (Lipinski definition) is 7. The predicted molar refractivity (Wildman–Crippen MR) is 136 cm³/mol. The van der Waals surface area contributed by atoms with Crippen LogP contribution in [0.4, 0.5) is 0 Å². The minimum atomic E-state index is -0.806. The molecule has 1 saturated heterocycles. The van der Waals surface area contributed by atoms with Crippen LogP contribution in [-0.2, 0) is 16.0 Å². The summed E-state index contributed by atoms with van der Waals surface area (Å²) in [4.78, 5) is 30.3. The molecule has 36 heavy (non-hydrogen) atoms. The standard InChI is InChI=1S/C28H34N2O6/c1-5-29(6-2)12-7-13-30-25(18-8-10-21(31)23(16-18)35-4)24(27(33)28(30)34)26(32)19-9-11-22-20(15-19)14-17(3)36-22/h8-11,15-17,25,31-32H,5-7,12-14H2,1-4H3/b26-24+/t17-,25-/m1/s1. The van der Waals surface area contributed by atoms with E-state index in [-0.39, 0.29) is 28.9 Å². The maximum Gasteiger partial charge on any atom is 0.295 e. The molecule has 1 fully saturated rings. The highest BCUT2D eigenvalue weighted by atomic mass is 16.5. The Morgan fingerprint density at radius 3 is 2.61 bits per heavy atom. The number of rotatable bonds is 9. The van der Waals surface area contributed by atoms with Crippen molar-refractivity contribution in [3.63, 3.8) is 0 Å². The van der Waals surface area contributed by atoms with Gasteiger partial charge < -0.3 is 29.5 Å². The van der Waals surface area contributed by atoms with Crippen molar-refractivity contribution < 1.29 is 29.3 Å². The van der Waals surface area contributed by atoms with E-state index in [0.29, 0.717) is 30.5 Å². The molecule has 0 saturated carbocycles. The van der Waals surface area contributed by atoms with Gasteiger partial charge >= 0.3 is 0 Å². The van der Waals surface area contributed by atoms with Gasteiger partial charge in [-0.3, -0.25) is 9.59 Å². The lowest BCUT2D eigenvalue weighted by molar-refractivity contribution is -0.140. The zero-order valence-electron chi connectivity index (χ0n) is 21.3. The average molecular weight is 495 g/mol. The minimum absolute atomic E-state index is 0.0301. The number of Topliss-reactive ketones (excluding diaryl/α,β-unsaturated/α-hetero) is 1. The Labute approximate surface area is 211 Å². The van der Waals surface area contributed by atoms with E-state index in [0.717, 1.165) is 30.9 Å². The zero-order chi connectivity index (χ0) is 26.0. The van der Waals surface area contributed by atoms with Crippen molar-refractivity contribution in [3.8, 4) is 17.2 Å². The van der Waals surface area contributed by atoms with E-state index in [4.69, 9.17) is 9.47 Å². The minimum Gasteiger partial charge on any atom is -0.507 e. The molecule has 0 bridgehead atoms. The van der Waals surface area contributed by atoms with Gasteiger partial charge in [-0.05, 0) is 74.4 Å². The van der Waals surface area contributed by atoms with Crippen LogP contribution in [0, 0.1) is 0 Å². The lowest BCUT2D eigenvalue weighted by atomic mass is 9.94. The fourth-order valence-corrected chi connectivity index (χ4v) is 5.05. The quantitative estimate of drug-likeness (QED) is 0.310. The molecule has 2 atom stereocenters. The number of phenolic OH excluding ortho intramolecular Hbond substituents is 1. The first-order chi connectivity index (χ1) is 17.3. The molecule has 0 spiro atoms. The molecule has 2 aliphatic heterocycles. The van der Waals surface area contributed by atoms with Crippen LogP contribution in [0.5, 0.6) is 17.2 Å². The third kappa shape index (κ3) is 4.78. The Hall–Kier alpha value is -3.52. The molecule has 192 valence electrons. The largest absolute Gasteiger partial charge is 0.507 e. The summed E-state index contributed by atoms with van der Waals surface area (Å²) in [7, 11) is 1.44. The summed E-state index contributed by atoms with van der Waals surface area (Å²) >= 11 is 0. The Morgan fingerprint density at radius 2 is 1.92 bits per heavy atom. The van der Waals surface area contributed by atoms with Crippen LogP contribution in [0.2, 0.25) is 0 Å². The maximum atomic E-state index is 13.3. The van der Waals surface area contributed by atoms with Crippen LogP contribution in [0.1, 0.15) is 49.9 Å². The molecule has 2 aromatic carbocycles. The molecule has 2 heterocycles. The fraction of sp³-hybridized carbons (Fsp3) is 0.429. The molecule has 2 aliphatic rings. The molecule has 0 radical (unpaired) electrons. The van der Waals surface area contributed by atoms with E-state index < -0.39 is 17.7 Å². The van der Waals surface area contributed by atoms with Crippen molar-refractivity contribution in [2.24, 2.45) is 0 Å². The predicted octanol–water partition coefficient (Wildman–Crippen LogP) is 3.88. The number of benzene rings is 2. The maximum absolute atomic E-state index is 13.3. The molecular formula is C28H34N2O6. The van der Waals surface area contributed by atoms with Crippen LogP contribution < -0.4 is 9.47 Å². The lowest BCUT2D eigenvalue weighted by Crippen LogP contribution is -2.33. The van der Waals surface area contributed by atoms with E-state index in [2.05, 4.69) is 18.7 Å². The van der Waals surface area contributed by atoms with Crippen LogP contribution in [0.25, 0.3) is 5.76 Å². The molecule has 1 amide bonds. The summed E-state index contributed by atoms with van der Waals surface area (Å²) < 4.78 is 11.0. The molecule has 4 rings (SSSR count). The van der Waals surface area contributed by atoms with Gasteiger partial charge in [-0.25, -0.2) is 0 Å². The third-order valence-corrected chi connectivity index (χ3v) is 7.00. The molecule has 0 aromatic heterocycles. The highest BCUT2D eigenvalue weighted by Gasteiger charge is 2.46. The lowest BCUT2D eigenvalue weighted by Gasteiger charge is -2.27. The van der Waals surface area contributed by atoms with Gasteiger partial charge in [-0.2, -0.15) is 0 Å². The van der Waals surface area contributed by atoms with Crippen molar-refractivity contribution in [2.45, 2.75) is 45.8 Å². The van der Waals surface area contributed by atoms with Gasteiger partial charge in [0.25, 0.3) is 11.7 Å². The number of ketones is 1. The Morgan fingerprint density at radius 1 is 1.17 bits per heavy atom. The number of phenols is 1. The second-order valence-corrected chi connectivity index (χ2v) is 9.26. The number of carbonyl (C=O) groups excluding carboxylic acids is 2. The second-order valence-electron chi connectivity index (χ2n) is 9.26. The number of aliphatic hydroxyl groups is 1. The van der Waals surface area contributed by atoms with Gasteiger partial charge in [0.15, 0.2) is 11.5 Å². The van der Waals surface area contributed by atoms with Crippen molar-refractivity contribution in [1.29, 1.82) is 0 Å². The molecule has 8 heteroatoms. The number of aliphatic hydroxyl groups excluding tert-OH is 1. The number of amides is 1. The summed E-state index contributed by atoms with van der Waals surface area (Å²) in [5.74, 6) is -0.657. The van der Waals surface area contributed by atoms with E-state index in [1.165, 1.54) is 18.1 Å². The number of aromatic hydroxyl groups is 1. The highest BCUT2D eigenvalue weighted by Crippen LogP contribution is 2.42. The first-order valence-corrected chi connectivity index (χ1v) is 12.5. The number of nitrogens with zero attached hydrogens (tertiary/aromatic N) is 2. The number of likely N-dealkylation sites (tertiary alicyclic amines) is 1. The number of fused-ring (bicyclic) bond motifs is 1. The van der Waals surface area contributed by atoms with Gasteiger partial charge in [0.1, 0.15) is 17.6 Å². The molecule has 0 aliphatic carbocycles. The normalized spacial score (nSPS) is 20.6. The van der Waals surface area contributed by atoms with Gasteiger partial charge in [-0.15, -0.1) is 0 Å². The molecule has 8 nitrogen and oxygen atoms in total. The topological polar surface area (TPSA) is 99.5 Å². The van der Waals surface area contributed by atoms with Crippen LogP contribution >= 0.6 is 0 Å². The third-order valence-electron chi connectivity index (χ3n) is 7.00.